The van der Waals surface area contributed by atoms with E-state index in [0.717, 1.165) is 52.6 Å². The Hall–Kier alpha value is -4.28. The number of carbonyl (C=O) groups is 1. The summed E-state index contributed by atoms with van der Waals surface area (Å²) in [7, 11) is 1.62. The summed E-state index contributed by atoms with van der Waals surface area (Å²) in [5, 5.41) is 13.6. The number of anilines is 2. The lowest BCUT2D eigenvalue weighted by Crippen LogP contribution is -2.21. The molecule has 0 saturated carbocycles. The Bertz CT molecular complexity index is 1410. The van der Waals surface area contributed by atoms with Crippen LogP contribution in [0.1, 0.15) is 19.4 Å². The van der Waals surface area contributed by atoms with Crippen LogP contribution in [0.3, 0.4) is 0 Å². The number of benzene rings is 3. The minimum absolute atomic E-state index is 0.125. The van der Waals surface area contributed by atoms with Crippen molar-refractivity contribution in [3.63, 3.8) is 0 Å². The fourth-order valence-corrected chi connectivity index (χ4v) is 4.97. The van der Waals surface area contributed by atoms with Crippen LogP contribution in [-0.2, 0) is 4.79 Å². The molecule has 0 aliphatic carbocycles. The summed E-state index contributed by atoms with van der Waals surface area (Å²) in [6.45, 7) is 6.08. The zero-order chi connectivity index (χ0) is 26.9. The van der Waals surface area contributed by atoms with Crippen LogP contribution in [0.4, 0.5) is 11.4 Å². The molecule has 0 spiro atoms. The maximum atomic E-state index is 12.8. The normalized spacial score (nSPS) is 10.5. The fraction of sp³-hybridized carbons (Fsp3) is 0.194. The second kappa shape index (κ2) is 12.8. The number of ether oxygens (including phenoxy) is 1. The number of hydrogen-bond donors (Lipinski definition) is 1. The average Bonchev–Trinajstić information content (AvgIpc) is 2.97. The lowest BCUT2D eigenvalue weighted by molar-refractivity contribution is -0.113. The lowest BCUT2D eigenvalue weighted by Gasteiger charge is -2.21. The van der Waals surface area contributed by atoms with Gasteiger partial charge in [0.2, 0.25) is 5.91 Å². The summed E-state index contributed by atoms with van der Waals surface area (Å²) in [6, 6.07) is 29.5. The maximum Gasteiger partial charge on any atom is 0.234 e. The van der Waals surface area contributed by atoms with Crippen molar-refractivity contribution in [3.05, 3.63) is 90.5 Å². The zero-order valence-corrected chi connectivity index (χ0v) is 22.6. The third kappa shape index (κ3) is 6.34. The highest BCUT2D eigenvalue weighted by molar-refractivity contribution is 8.00. The Morgan fingerprint density at radius 2 is 1.66 bits per heavy atom. The van der Waals surface area contributed by atoms with Gasteiger partial charge in [-0.15, -0.1) is 0 Å². The predicted molar refractivity (Wildman–Crippen MR) is 156 cm³/mol. The molecule has 0 atom stereocenters. The van der Waals surface area contributed by atoms with Crippen LogP contribution < -0.4 is 15.0 Å². The topological polar surface area (TPSA) is 78.2 Å². The van der Waals surface area contributed by atoms with Gasteiger partial charge in [0, 0.05) is 35.6 Å². The van der Waals surface area contributed by atoms with E-state index in [4.69, 9.17) is 9.72 Å². The van der Waals surface area contributed by atoms with E-state index >= 15 is 0 Å². The number of nitrogens with one attached hydrogen (secondary N) is 1. The summed E-state index contributed by atoms with van der Waals surface area (Å²) in [5.74, 6) is 0.702. The predicted octanol–water partition coefficient (Wildman–Crippen LogP) is 6.87. The third-order valence-electron chi connectivity index (χ3n) is 6.19. The van der Waals surface area contributed by atoms with Crippen molar-refractivity contribution in [2.45, 2.75) is 18.9 Å². The summed E-state index contributed by atoms with van der Waals surface area (Å²) in [5.41, 5.74) is 5.61. The molecule has 0 bridgehead atoms. The summed E-state index contributed by atoms with van der Waals surface area (Å²) in [6.07, 6.45) is 0. The SMILES string of the molecule is CCN(CC)c1ccc(NC(=O)CSc2nc(-c3ccccc3)cc(-c3ccc(OC)cc3)c2C#N)cc1. The molecule has 7 heteroatoms. The maximum absolute atomic E-state index is 12.8. The van der Waals surface area contributed by atoms with E-state index in [1.807, 2.05) is 84.9 Å². The molecule has 38 heavy (non-hydrogen) atoms. The molecule has 0 radical (unpaired) electrons. The van der Waals surface area contributed by atoms with E-state index in [1.165, 1.54) is 11.8 Å². The van der Waals surface area contributed by atoms with Crippen LogP contribution >= 0.6 is 11.8 Å². The number of carbonyl (C=O) groups excluding carboxylic acids is 1. The number of thioether (sulfide) groups is 1. The highest BCUT2D eigenvalue weighted by Crippen LogP contribution is 2.35. The number of amides is 1. The molecule has 0 saturated heterocycles. The molecule has 1 amide bonds. The van der Waals surface area contributed by atoms with E-state index < -0.39 is 0 Å². The van der Waals surface area contributed by atoms with Gasteiger partial charge in [0.05, 0.1) is 24.1 Å². The third-order valence-corrected chi connectivity index (χ3v) is 7.16. The molecule has 192 valence electrons. The van der Waals surface area contributed by atoms with Crippen LogP contribution in [-0.4, -0.2) is 36.8 Å². The van der Waals surface area contributed by atoms with Gasteiger partial charge in [0.25, 0.3) is 0 Å². The molecular weight excluding hydrogens is 492 g/mol. The zero-order valence-electron chi connectivity index (χ0n) is 21.8. The molecule has 4 aromatic rings. The lowest BCUT2D eigenvalue weighted by atomic mass is 9.99. The molecule has 0 fully saturated rings. The molecule has 4 rings (SSSR count). The van der Waals surface area contributed by atoms with Gasteiger partial charge in [0.15, 0.2) is 0 Å². The monoisotopic (exact) mass is 522 g/mol. The Kier molecular flexibility index (Phi) is 9.02. The molecule has 3 aromatic carbocycles. The molecule has 6 nitrogen and oxygen atoms in total. The van der Waals surface area contributed by atoms with Crippen molar-refractivity contribution in [1.82, 2.24) is 4.98 Å². The fourth-order valence-electron chi connectivity index (χ4n) is 4.16. The van der Waals surface area contributed by atoms with Gasteiger partial charge in [-0.1, -0.05) is 54.2 Å². The first kappa shape index (κ1) is 26.8. The van der Waals surface area contributed by atoms with Crippen molar-refractivity contribution in [2.75, 3.05) is 36.2 Å². The number of rotatable bonds is 10. The number of pyridine rings is 1. The van der Waals surface area contributed by atoms with E-state index in [1.54, 1.807) is 7.11 Å². The van der Waals surface area contributed by atoms with Gasteiger partial charge >= 0.3 is 0 Å². The Balaban J connectivity index is 1.59. The quantitative estimate of drug-likeness (QED) is 0.229. The van der Waals surface area contributed by atoms with Crippen LogP contribution in [0.5, 0.6) is 5.75 Å². The van der Waals surface area contributed by atoms with Gasteiger partial charge in [-0.3, -0.25) is 4.79 Å². The van der Waals surface area contributed by atoms with Crippen molar-refractivity contribution in [2.24, 2.45) is 0 Å². The second-order valence-electron chi connectivity index (χ2n) is 8.50. The summed E-state index contributed by atoms with van der Waals surface area (Å²) < 4.78 is 5.29. The first-order chi connectivity index (χ1) is 18.6. The van der Waals surface area contributed by atoms with Crippen molar-refractivity contribution in [1.29, 1.82) is 5.26 Å². The number of aromatic nitrogens is 1. The molecule has 0 aliphatic heterocycles. The molecule has 0 aliphatic rings. The smallest absolute Gasteiger partial charge is 0.234 e. The molecular formula is C31H30N4O2S. The molecule has 1 aromatic heterocycles. The first-order valence-corrected chi connectivity index (χ1v) is 13.5. The average molecular weight is 523 g/mol. The Labute approximate surface area is 228 Å². The van der Waals surface area contributed by atoms with E-state index in [0.29, 0.717) is 10.6 Å². The van der Waals surface area contributed by atoms with Crippen LogP contribution in [0.25, 0.3) is 22.4 Å². The number of nitriles is 1. The standard InChI is InChI=1S/C31H30N4O2S/c1-4-35(5-2)25-15-13-24(14-16-25)33-30(36)21-38-31-28(20-32)27(22-11-17-26(37-3)18-12-22)19-29(34-31)23-9-7-6-8-10-23/h6-19H,4-5,21H2,1-3H3,(H,33,36). The summed E-state index contributed by atoms with van der Waals surface area (Å²) >= 11 is 1.26. The minimum Gasteiger partial charge on any atom is -0.497 e. The van der Waals surface area contributed by atoms with Crippen molar-refractivity contribution < 1.29 is 9.53 Å². The largest absolute Gasteiger partial charge is 0.497 e. The Morgan fingerprint density at radius 1 is 0.974 bits per heavy atom. The van der Waals surface area contributed by atoms with Gasteiger partial charge in [-0.05, 0) is 61.9 Å². The van der Waals surface area contributed by atoms with Gasteiger partial charge in [0.1, 0.15) is 16.8 Å². The molecule has 0 unspecified atom stereocenters. The van der Waals surface area contributed by atoms with Gasteiger partial charge in [-0.2, -0.15) is 5.26 Å². The van der Waals surface area contributed by atoms with Gasteiger partial charge in [-0.25, -0.2) is 4.98 Å². The first-order valence-electron chi connectivity index (χ1n) is 12.5. The Morgan fingerprint density at radius 3 is 2.26 bits per heavy atom. The molecule has 1 heterocycles. The van der Waals surface area contributed by atoms with Crippen molar-refractivity contribution >= 4 is 29.0 Å². The molecule has 1 N–H and O–H groups in total. The van der Waals surface area contributed by atoms with E-state index in [-0.39, 0.29) is 11.7 Å². The van der Waals surface area contributed by atoms with E-state index in [9.17, 15) is 10.1 Å². The van der Waals surface area contributed by atoms with Gasteiger partial charge < -0.3 is 15.0 Å². The summed E-state index contributed by atoms with van der Waals surface area (Å²) in [4.78, 5) is 19.9. The van der Waals surface area contributed by atoms with Crippen molar-refractivity contribution in [3.8, 4) is 34.2 Å². The highest BCUT2D eigenvalue weighted by atomic mass is 32.2. The second-order valence-corrected chi connectivity index (χ2v) is 9.46. The highest BCUT2D eigenvalue weighted by Gasteiger charge is 2.17. The number of nitrogens with zero attached hydrogens (tertiary/aromatic N) is 3. The number of methoxy groups -OCH3 is 1. The minimum atomic E-state index is -0.160. The van der Waals surface area contributed by atoms with Crippen LogP contribution in [0.2, 0.25) is 0 Å². The van der Waals surface area contributed by atoms with Crippen LogP contribution in [0, 0.1) is 11.3 Å². The number of hydrogen-bond acceptors (Lipinski definition) is 6. The van der Waals surface area contributed by atoms with Crippen LogP contribution in [0.15, 0.2) is 90.0 Å². The van der Waals surface area contributed by atoms with E-state index in [2.05, 4.69) is 30.1 Å².